The van der Waals surface area contributed by atoms with Crippen LogP contribution in [0, 0.1) is 11.3 Å². The number of hydrazine groups is 1. The molecule has 0 saturated carbocycles. The Balaban J connectivity index is 1.97. The molecule has 0 spiro atoms. The van der Waals surface area contributed by atoms with Crippen molar-refractivity contribution >= 4 is 11.8 Å². The average Bonchev–Trinajstić information content (AvgIpc) is 2.52. The van der Waals surface area contributed by atoms with Crippen molar-refractivity contribution in [1.82, 2.24) is 10.9 Å². The molecule has 0 aliphatic rings. The first-order valence-electron chi connectivity index (χ1n) is 6.00. The van der Waals surface area contributed by atoms with Crippen molar-refractivity contribution in [3.8, 4) is 11.8 Å². The molecule has 0 unspecified atom stereocenters. The van der Waals surface area contributed by atoms with E-state index in [0.29, 0.717) is 11.1 Å². The lowest BCUT2D eigenvalue weighted by Gasteiger charge is -2.07. The zero-order chi connectivity index (χ0) is 15.2. The van der Waals surface area contributed by atoms with Gasteiger partial charge in [-0.05, 0) is 42.5 Å². The Labute approximate surface area is 120 Å². The zero-order valence-corrected chi connectivity index (χ0v) is 10.8. The highest BCUT2D eigenvalue weighted by atomic mass is 16.3. The third-order valence-electron chi connectivity index (χ3n) is 2.67. The van der Waals surface area contributed by atoms with E-state index in [2.05, 4.69) is 10.9 Å². The second kappa shape index (κ2) is 6.21. The lowest BCUT2D eigenvalue weighted by molar-refractivity contribution is 0.0846. The van der Waals surface area contributed by atoms with Crippen LogP contribution in [0.5, 0.6) is 5.75 Å². The van der Waals surface area contributed by atoms with Gasteiger partial charge in [-0.15, -0.1) is 0 Å². The maximum Gasteiger partial charge on any atom is 0.269 e. The minimum atomic E-state index is -0.548. The number of benzene rings is 2. The van der Waals surface area contributed by atoms with E-state index in [9.17, 15) is 14.7 Å². The van der Waals surface area contributed by atoms with Crippen LogP contribution in [0.2, 0.25) is 0 Å². The Morgan fingerprint density at radius 2 is 1.57 bits per heavy atom. The number of hydrogen-bond acceptors (Lipinski definition) is 4. The molecule has 0 bridgehead atoms. The van der Waals surface area contributed by atoms with Gasteiger partial charge in [0.2, 0.25) is 0 Å². The zero-order valence-electron chi connectivity index (χ0n) is 10.8. The third kappa shape index (κ3) is 3.58. The largest absolute Gasteiger partial charge is 0.508 e. The first-order valence-corrected chi connectivity index (χ1v) is 6.00. The maximum atomic E-state index is 11.8. The molecule has 6 heteroatoms. The van der Waals surface area contributed by atoms with Crippen LogP contribution in [0.4, 0.5) is 0 Å². The number of phenolic OH excluding ortho intramolecular Hbond substituents is 1. The Bertz CT molecular complexity index is 718. The summed E-state index contributed by atoms with van der Waals surface area (Å²) in [6, 6.07) is 13.7. The van der Waals surface area contributed by atoms with Crippen LogP contribution in [0.1, 0.15) is 26.3 Å². The summed E-state index contributed by atoms with van der Waals surface area (Å²) in [5.74, 6) is -1.10. The van der Waals surface area contributed by atoms with Gasteiger partial charge in [-0.25, -0.2) is 0 Å². The fourth-order valence-electron chi connectivity index (χ4n) is 1.60. The number of carbonyl (C=O) groups is 2. The predicted octanol–water partition coefficient (Wildman–Crippen LogP) is 1.34. The van der Waals surface area contributed by atoms with Crippen LogP contribution in [0.25, 0.3) is 0 Å². The molecule has 0 atom stereocenters. The fourth-order valence-corrected chi connectivity index (χ4v) is 1.60. The van der Waals surface area contributed by atoms with Crippen molar-refractivity contribution in [2.45, 2.75) is 0 Å². The van der Waals surface area contributed by atoms with Crippen LogP contribution < -0.4 is 10.9 Å². The standard InChI is InChI=1S/C15H11N3O3/c16-9-10-4-6-11(7-5-10)14(20)17-18-15(21)12-2-1-3-13(19)8-12/h1-8,19H,(H,17,20)(H,18,21). The molecule has 3 N–H and O–H groups in total. The lowest BCUT2D eigenvalue weighted by Crippen LogP contribution is -2.41. The monoisotopic (exact) mass is 281 g/mol. The van der Waals surface area contributed by atoms with Crippen LogP contribution in [-0.2, 0) is 0 Å². The molecule has 0 heterocycles. The quantitative estimate of drug-likeness (QED) is 0.723. The van der Waals surface area contributed by atoms with Gasteiger partial charge < -0.3 is 5.11 Å². The molecule has 6 nitrogen and oxygen atoms in total. The van der Waals surface area contributed by atoms with Gasteiger partial charge in [0.25, 0.3) is 11.8 Å². The molecule has 0 aliphatic carbocycles. The van der Waals surface area contributed by atoms with Crippen molar-refractivity contribution in [2.75, 3.05) is 0 Å². The van der Waals surface area contributed by atoms with E-state index >= 15 is 0 Å². The number of rotatable bonds is 2. The molecule has 0 fully saturated rings. The smallest absolute Gasteiger partial charge is 0.269 e. The molecule has 0 saturated heterocycles. The van der Waals surface area contributed by atoms with Gasteiger partial charge in [0.15, 0.2) is 0 Å². The number of amides is 2. The van der Waals surface area contributed by atoms with Crippen LogP contribution >= 0.6 is 0 Å². The highest BCUT2D eigenvalue weighted by molar-refractivity contribution is 5.99. The van der Waals surface area contributed by atoms with Crippen LogP contribution in [0.3, 0.4) is 0 Å². The molecule has 0 aliphatic heterocycles. The van der Waals surface area contributed by atoms with Gasteiger partial charge in [0.1, 0.15) is 5.75 Å². The summed E-state index contributed by atoms with van der Waals surface area (Å²) in [6.07, 6.45) is 0. The van der Waals surface area contributed by atoms with E-state index in [1.807, 2.05) is 6.07 Å². The van der Waals surface area contributed by atoms with Gasteiger partial charge in [0.05, 0.1) is 11.6 Å². The number of nitrogens with one attached hydrogen (secondary N) is 2. The number of hydrogen-bond donors (Lipinski definition) is 3. The van der Waals surface area contributed by atoms with Gasteiger partial charge in [0, 0.05) is 11.1 Å². The minimum absolute atomic E-state index is 0.0407. The topological polar surface area (TPSA) is 102 Å². The highest BCUT2D eigenvalue weighted by Gasteiger charge is 2.09. The van der Waals surface area contributed by atoms with Gasteiger partial charge in [-0.1, -0.05) is 6.07 Å². The van der Waals surface area contributed by atoms with Crippen molar-refractivity contribution < 1.29 is 14.7 Å². The number of carbonyl (C=O) groups excluding carboxylic acids is 2. The van der Waals surface area contributed by atoms with Gasteiger partial charge in [-0.2, -0.15) is 5.26 Å². The van der Waals surface area contributed by atoms with Crippen molar-refractivity contribution in [3.63, 3.8) is 0 Å². The van der Waals surface area contributed by atoms with Crippen molar-refractivity contribution in [1.29, 1.82) is 5.26 Å². The summed E-state index contributed by atoms with van der Waals surface area (Å²) < 4.78 is 0. The first kappa shape index (κ1) is 14.1. The van der Waals surface area contributed by atoms with E-state index in [1.54, 1.807) is 0 Å². The molecule has 2 amide bonds. The number of nitriles is 1. The summed E-state index contributed by atoms with van der Waals surface area (Å²) in [4.78, 5) is 23.5. The molecule has 21 heavy (non-hydrogen) atoms. The third-order valence-corrected chi connectivity index (χ3v) is 2.67. The fraction of sp³-hybridized carbons (Fsp3) is 0. The first-order chi connectivity index (χ1) is 10.1. The minimum Gasteiger partial charge on any atom is -0.508 e. The number of aromatic hydroxyl groups is 1. The second-order valence-electron chi connectivity index (χ2n) is 4.15. The molecule has 0 radical (unpaired) electrons. The Morgan fingerprint density at radius 1 is 0.952 bits per heavy atom. The lowest BCUT2D eigenvalue weighted by atomic mass is 10.1. The Kier molecular flexibility index (Phi) is 4.17. The second-order valence-corrected chi connectivity index (χ2v) is 4.15. The van der Waals surface area contributed by atoms with Crippen LogP contribution in [-0.4, -0.2) is 16.9 Å². The van der Waals surface area contributed by atoms with E-state index in [-0.39, 0.29) is 11.3 Å². The predicted molar refractivity (Wildman–Crippen MR) is 74.2 cm³/mol. The van der Waals surface area contributed by atoms with E-state index < -0.39 is 11.8 Å². The molecule has 2 rings (SSSR count). The summed E-state index contributed by atoms with van der Waals surface area (Å²) in [7, 11) is 0. The SMILES string of the molecule is N#Cc1ccc(C(=O)NNC(=O)c2cccc(O)c2)cc1. The van der Waals surface area contributed by atoms with Crippen molar-refractivity contribution in [2.24, 2.45) is 0 Å². The maximum absolute atomic E-state index is 11.8. The molecular weight excluding hydrogens is 270 g/mol. The summed E-state index contributed by atoms with van der Waals surface area (Å²) in [5, 5.41) is 17.9. The summed E-state index contributed by atoms with van der Waals surface area (Å²) in [5.41, 5.74) is 5.46. The molecule has 104 valence electrons. The van der Waals surface area contributed by atoms with Crippen molar-refractivity contribution in [3.05, 3.63) is 65.2 Å². The average molecular weight is 281 g/mol. The van der Waals surface area contributed by atoms with E-state index in [4.69, 9.17) is 5.26 Å². The molecule has 2 aromatic rings. The van der Waals surface area contributed by atoms with E-state index in [1.165, 1.54) is 48.5 Å². The van der Waals surface area contributed by atoms with Gasteiger partial charge in [-0.3, -0.25) is 20.4 Å². The van der Waals surface area contributed by atoms with Crippen LogP contribution in [0.15, 0.2) is 48.5 Å². The molecular formula is C15H11N3O3. The molecule has 2 aromatic carbocycles. The van der Waals surface area contributed by atoms with E-state index in [0.717, 1.165) is 0 Å². The number of nitrogens with zero attached hydrogens (tertiary/aromatic N) is 1. The summed E-state index contributed by atoms with van der Waals surface area (Å²) >= 11 is 0. The van der Waals surface area contributed by atoms with Gasteiger partial charge >= 0.3 is 0 Å². The Morgan fingerprint density at radius 3 is 2.14 bits per heavy atom. The Hall–Kier alpha value is -3.33. The normalized spacial score (nSPS) is 9.48. The highest BCUT2D eigenvalue weighted by Crippen LogP contribution is 2.10. The summed E-state index contributed by atoms with van der Waals surface area (Å²) in [6.45, 7) is 0. The number of phenols is 1. The molecule has 0 aromatic heterocycles.